The molecule has 5 rings (SSSR count). The van der Waals surface area contributed by atoms with Crippen molar-refractivity contribution >= 4 is 41.0 Å². The average molecular weight is 429 g/mol. The van der Waals surface area contributed by atoms with Crippen LogP contribution in [0, 0.1) is 0 Å². The number of carbonyl (C=O) groups excluding carboxylic acids is 2. The van der Waals surface area contributed by atoms with Crippen LogP contribution in [0.1, 0.15) is 32.3 Å². The van der Waals surface area contributed by atoms with Crippen LogP contribution >= 0.6 is 11.8 Å². The predicted molar refractivity (Wildman–Crippen MR) is 121 cm³/mol. The van der Waals surface area contributed by atoms with Crippen molar-refractivity contribution in [3.63, 3.8) is 0 Å². The van der Waals surface area contributed by atoms with Crippen LogP contribution in [0.5, 0.6) is 5.75 Å². The summed E-state index contributed by atoms with van der Waals surface area (Å²) >= 11 is 1.70. The minimum Gasteiger partial charge on any atom is -0.482 e. The van der Waals surface area contributed by atoms with Gasteiger partial charge in [0.15, 0.2) is 6.61 Å². The molecule has 0 saturated carbocycles. The zero-order valence-electron chi connectivity index (χ0n) is 16.8. The molecule has 0 saturated heterocycles. The van der Waals surface area contributed by atoms with Crippen LogP contribution in [0.3, 0.4) is 0 Å². The highest BCUT2D eigenvalue weighted by molar-refractivity contribution is 8.00. The maximum absolute atomic E-state index is 12.0. The fraction of sp³-hybridized carbons (Fsp3) is 0.120. The van der Waals surface area contributed by atoms with Crippen LogP contribution in [0.2, 0.25) is 0 Å². The van der Waals surface area contributed by atoms with Crippen molar-refractivity contribution in [3.05, 3.63) is 89.0 Å². The van der Waals surface area contributed by atoms with Crippen molar-refractivity contribution in [1.82, 2.24) is 0 Å². The van der Waals surface area contributed by atoms with Gasteiger partial charge in [-0.05, 0) is 52.6 Å². The Morgan fingerprint density at radius 3 is 2.74 bits per heavy atom. The Morgan fingerprint density at radius 2 is 1.94 bits per heavy atom. The number of ether oxygens (including phenoxy) is 2. The lowest BCUT2D eigenvalue weighted by Crippen LogP contribution is -2.25. The molecule has 0 spiro atoms. The number of carbonyl (C=O) groups is 2. The Bertz CT molecular complexity index is 1220. The average Bonchev–Trinajstić information content (AvgIpc) is 2.82. The fourth-order valence-electron chi connectivity index (χ4n) is 3.81. The zero-order valence-corrected chi connectivity index (χ0v) is 17.6. The van der Waals surface area contributed by atoms with E-state index in [2.05, 4.69) is 23.5 Å². The first-order valence-corrected chi connectivity index (χ1v) is 10.7. The van der Waals surface area contributed by atoms with Crippen LogP contribution in [0.25, 0.3) is 11.6 Å². The summed E-state index contributed by atoms with van der Waals surface area (Å²) in [6.07, 6.45) is 2.15. The van der Waals surface area contributed by atoms with E-state index in [9.17, 15) is 9.59 Å². The molecule has 3 aromatic rings. The highest BCUT2D eigenvalue weighted by atomic mass is 32.2. The number of thioether (sulfide) groups is 1. The Hall–Kier alpha value is -3.51. The second kappa shape index (κ2) is 7.96. The second-order valence-corrected chi connectivity index (χ2v) is 8.45. The number of nitrogens with one attached hydrogen (secondary N) is 1. The van der Waals surface area contributed by atoms with Crippen molar-refractivity contribution < 1.29 is 19.1 Å². The molecule has 1 amide bonds. The molecule has 2 heterocycles. The first kappa shape index (κ1) is 19.5. The Morgan fingerprint density at radius 1 is 1.10 bits per heavy atom. The maximum atomic E-state index is 12.0. The van der Waals surface area contributed by atoms with Crippen molar-refractivity contribution in [3.8, 4) is 5.75 Å². The van der Waals surface area contributed by atoms with Gasteiger partial charge in [-0.1, -0.05) is 42.5 Å². The van der Waals surface area contributed by atoms with Crippen molar-refractivity contribution in [2.75, 3.05) is 19.0 Å². The lowest BCUT2D eigenvalue weighted by molar-refractivity contribution is -0.118. The highest BCUT2D eigenvalue weighted by Crippen LogP contribution is 2.51. The SMILES string of the molecule is COC(=O)c1ccc2c(c1)SC(c1ccccc1)C(c1ccc3c(c1)NC(=O)CO3)=C2. The van der Waals surface area contributed by atoms with Gasteiger partial charge in [-0.2, -0.15) is 0 Å². The van der Waals surface area contributed by atoms with Crippen LogP contribution < -0.4 is 10.1 Å². The number of hydrogen-bond acceptors (Lipinski definition) is 5. The van der Waals surface area contributed by atoms with Crippen LogP contribution in [-0.2, 0) is 9.53 Å². The quantitative estimate of drug-likeness (QED) is 0.581. The van der Waals surface area contributed by atoms with E-state index < -0.39 is 0 Å². The molecule has 31 heavy (non-hydrogen) atoms. The zero-order chi connectivity index (χ0) is 21.4. The van der Waals surface area contributed by atoms with Gasteiger partial charge in [0, 0.05) is 4.90 Å². The van der Waals surface area contributed by atoms with E-state index in [1.165, 1.54) is 7.11 Å². The van der Waals surface area contributed by atoms with E-state index in [0.717, 1.165) is 27.2 Å². The monoisotopic (exact) mass is 429 g/mol. The second-order valence-electron chi connectivity index (χ2n) is 7.30. The molecule has 0 fully saturated rings. The minimum absolute atomic E-state index is 0.0276. The van der Waals surface area contributed by atoms with E-state index in [1.807, 2.05) is 48.5 Å². The lowest BCUT2D eigenvalue weighted by Gasteiger charge is -2.28. The summed E-state index contributed by atoms with van der Waals surface area (Å²) in [5.41, 5.74) is 5.54. The van der Waals surface area contributed by atoms with Crippen LogP contribution in [0.4, 0.5) is 5.69 Å². The predicted octanol–water partition coefficient (Wildman–Crippen LogP) is 5.19. The lowest BCUT2D eigenvalue weighted by atomic mass is 9.94. The number of amides is 1. The molecule has 1 N–H and O–H groups in total. The number of benzene rings is 3. The van der Waals surface area contributed by atoms with E-state index in [4.69, 9.17) is 9.47 Å². The third kappa shape index (κ3) is 3.70. The summed E-state index contributed by atoms with van der Waals surface area (Å²) in [5.74, 6) is 0.170. The van der Waals surface area contributed by atoms with E-state index in [-0.39, 0.29) is 23.7 Å². The van der Waals surface area contributed by atoms with Gasteiger partial charge < -0.3 is 14.8 Å². The fourth-order valence-corrected chi connectivity index (χ4v) is 5.14. The number of esters is 1. The Kier molecular flexibility index (Phi) is 5.00. The van der Waals surface area contributed by atoms with Gasteiger partial charge in [0.05, 0.1) is 23.6 Å². The van der Waals surface area contributed by atoms with Gasteiger partial charge in [-0.25, -0.2) is 4.79 Å². The van der Waals surface area contributed by atoms with Crippen molar-refractivity contribution in [1.29, 1.82) is 0 Å². The molecule has 6 heteroatoms. The van der Waals surface area contributed by atoms with Gasteiger partial charge >= 0.3 is 5.97 Å². The standard InChI is InChI=1S/C25H19NO4S/c1-29-25(28)18-8-7-17-11-19(16-9-10-21-20(12-16)26-23(27)14-30-21)24(31-22(17)13-18)15-5-3-2-4-6-15/h2-13,24H,14H2,1H3,(H,26,27). The van der Waals surface area contributed by atoms with Crippen molar-refractivity contribution in [2.45, 2.75) is 10.1 Å². The van der Waals surface area contributed by atoms with E-state index in [1.54, 1.807) is 17.8 Å². The summed E-state index contributed by atoms with van der Waals surface area (Å²) in [6, 6.07) is 21.7. The van der Waals surface area contributed by atoms with Crippen LogP contribution in [-0.4, -0.2) is 25.6 Å². The third-order valence-corrected chi connectivity index (χ3v) is 6.69. The molecule has 0 radical (unpaired) electrons. The van der Waals surface area contributed by atoms with Gasteiger partial charge in [0.25, 0.3) is 5.91 Å². The molecule has 0 bridgehead atoms. The molecular formula is C25H19NO4S. The van der Waals surface area contributed by atoms with Gasteiger partial charge in [0.1, 0.15) is 5.75 Å². The molecule has 1 unspecified atom stereocenters. The number of rotatable bonds is 3. The number of anilines is 1. The molecule has 2 aliphatic rings. The van der Waals surface area contributed by atoms with Crippen molar-refractivity contribution in [2.24, 2.45) is 0 Å². The first-order valence-electron chi connectivity index (χ1n) is 9.85. The molecule has 1 atom stereocenters. The molecular weight excluding hydrogens is 410 g/mol. The van der Waals surface area contributed by atoms with E-state index >= 15 is 0 Å². The molecule has 154 valence electrons. The normalized spacial score (nSPS) is 16.9. The number of methoxy groups -OCH3 is 1. The number of fused-ring (bicyclic) bond motifs is 2. The van der Waals surface area contributed by atoms with Gasteiger partial charge in [0.2, 0.25) is 0 Å². The first-order chi connectivity index (χ1) is 15.1. The topological polar surface area (TPSA) is 64.6 Å². The summed E-state index contributed by atoms with van der Waals surface area (Å²) in [7, 11) is 1.39. The highest BCUT2D eigenvalue weighted by Gasteiger charge is 2.27. The third-order valence-electron chi connectivity index (χ3n) is 5.32. The van der Waals surface area contributed by atoms with E-state index in [0.29, 0.717) is 17.0 Å². The molecule has 3 aromatic carbocycles. The smallest absolute Gasteiger partial charge is 0.337 e. The molecule has 2 aliphatic heterocycles. The van der Waals surface area contributed by atoms with Crippen LogP contribution in [0.15, 0.2) is 71.6 Å². The Balaban J connectivity index is 1.62. The van der Waals surface area contributed by atoms with Gasteiger partial charge in [-0.3, -0.25) is 4.79 Å². The minimum atomic E-state index is -0.347. The van der Waals surface area contributed by atoms with Gasteiger partial charge in [-0.15, -0.1) is 11.8 Å². The number of hydrogen-bond donors (Lipinski definition) is 1. The summed E-state index contributed by atoms with van der Waals surface area (Å²) in [4.78, 5) is 24.8. The molecule has 0 aliphatic carbocycles. The summed E-state index contributed by atoms with van der Waals surface area (Å²) < 4.78 is 10.4. The summed E-state index contributed by atoms with van der Waals surface area (Å²) in [5, 5.41) is 2.92. The summed E-state index contributed by atoms with van der Waals surface area (Å²) in [6.45, 7) is 0.0352. The molecule has 0 aromatic heterocycles. The maximum Gasteiger partial charge on any atom is 0.337 e. The Labute approximate surface area is 184 Å². The largest absolute Gasteiger partial charge is 0.482 e. The molecule has 5 nitrogen and oxygen atoms in total.